The molecule has 1 aromatic carbocycles. The van der Waals surface area contributed by atoms with Crippen molar-refractivity contribution in [3.63, 3.8) is 0 Å². The number of primary amides is 1. The van der Waals surface area contributed by atoms with Crippen LogP contribution in [0.25, 0.3) is 0 Å². The van der Waals surface area contributed by atoms with Crippen LogP contribution in [0.5, 0.6) is 5.75 Å². The van der Waals surface area contributed by atoms with Crippen LogP contribution >= 0.6 is 0 Å². The van der Waals surface area contributed by atoms with Gasteiger partial charge in [-0.1, -0.05) is 6.07 Å². The van der Waals surface area contributed by atoms with E-state index in [4.69, 9.17) is 10.5 Å². The Balaban J connectivity index is 2.16. The van der Waals surface area contributed by atoms with Crippen molar-refractivity contribution in [3.8, 4) is 5.75 Å². The lowest BCUT2D eigenvalue weighted by atomic mass is 9.87. The van der Waals surface area contributed by atoms with Crippen LogP contribution in [0.1, 0.15) is 30.0 Å². The van der Waals surface area contributed by atoms with Gasteiger partial charge in [-0.3, -0.25) is 4.79 Å². The van der Waals surface area contributed by atoms with Crippen molar-refractivity contribution in [2.75, 3.05) is 13.7 Å². The molecule has 1 amide bonds. The van der Waals surface area contributed by atoms with Gasteiger partial charge in [0.05, 0.1) is 0 Å². The molecule has 0 saturated heterocycles. The maximum absolute atomic E-state index is 10.6. The fourth-order valence-corrected chi connectivity index (χ4v) is 2.33. The molecule has 1 atom stereocenters. The Morgan fingerprint density at radius 3 is 3.12 bits per heavy atom. The first kappa shape index (κ1) is 11.9. The van der Waals surface area contributed by atoms with E-state index in [2.05, 4.69) is 11.4 Å². The zero-order valence-corrected chi connectivity index (χ0v) is 10.0. The highest BCUT2D eigenvalue weighted by Gasteiger charge is 2.18. The number of nitrogens with two attached hydrogens (primary N) is 1. The molecule has 1 aromatic rings. The topological polar surface area (TPSA) is 64.3 Å². The lowest BCUT2D eigenvalue weighted by Crippen LogP contribution is -2.22. The van der Waals surface area contributed by atoms with Gasteiger partial charge < -0.3 is 15.8 Å². The van der Waals surface area contributed by atoms with Crippen LogP contribution in [0.4, 0.5) is 0 Å². The lowest BCUT2D eigenvalue weighted by Gasteiger charge is -2.25. The number of rotatable bonds is 4. The van der Waals surface area contributed by atoms with Crippen molar-refractivity contribution < 1.29 is 9.53 Å². The first-order valence-corrected chi connectivity index (χ1v) is 5.92. The highest BCUT2D eigenvalue weighted by molar-refractivity contribution is 5.75. The zero-order chi connectivity index (χ0) is 12.3. The largest absolute Gasteiger partial charge is 0.484 e. The predicted octanol–water partition coefficient (Wildman–Crippen LogP) is 1.15. The lowest BCUT2D eigenvalue weighted by molar-refractivity contribution is -0.119. The van der Waals surface area contributed by atoms with Gasteiger partial charge in [0.1, 0.15) is 5.75 Å². The van der Waals surface area contributed by atoms with Crippen molar-refractivity contribution in [1.29, 1.82) is 0 Å². The van der Waals surface area contributed by atoms with E-state index in [1.54, 1.807) is 0 Å². The third kappa shape index (κ3) is 2.77. The number of nitrogens with one attached hydrogen (secondary N) is 1. The number of ether oxygens (including phenoxy) is 1. The second-order valence-electron chi connectivity index (χ2n) is 4.35. The molecule has 2 rings (SSSR count). The second kappa shape index (κ2) is 5.19. The third-order valence-corrected chi connectivity index (χ3v) is 3.16. The van der Waals surface area contributed by atoms with Gasteiger partial charge in [0.15, 0.2) is 6.61 Å². The predicted molar refractivity (Wildman–Crippen MR) is 65.9 cm³/mol. The number of fused-ring (bicyclic) bond motifs is 1. The van der Waals surface area contributed by atoms with Crippen molar-refractivity contribution in [1.82, 2.24) is 5.32 Å². The average molecular weight is 234 g/mol. The monoisotopic (exact) mass is 234 g/mol. The fourth-order valence-electron chi connectivity index (χ4n) is 2.33. The zero-order valence-electron chi connectivity index (χ0n) is 10.0. The molecule has 1 aliphatic carbocycles. The summed E-state index contributed by atoms with van der Waals surface area (Å²) in [5.41, 5.74) is 7.69. The number of hydrogen-bond donors (Lipinski definition) is 2. The van der Waals surface area contributed by atoms with Gasteiger partial charge in [0.2, 0.25) is 0 Å². The molecular weight excluding hydrogens is 216 g/mol. The average Bonchev–Trinajstić information content (AvgIpc) is 2.35. The quantitative estimate of drug-likeness (QED) is 0.821. The van der Waals surface area contributed by atoms with E-state index < -0.39 is 5.91 Å². The number of amides is 1. The molecule has 0 aromatic heterocycles. The van der Waals surface area contributed by atoms with Crippen LogP contribution < -0.4 is 15.8 Å². The van der Waals surface area contributed by atoms with Gasteiger partial charge in [0.25, 0.3) is 5.91 Å². The summed E-state index contributed by atoms with van der Waals surface area (Å²) in [6, 6.07) is 6.43. The molecule has 1 unspecified atom stereocenters. The highest BCUT2D eigenvalue weighted by atomic mass is 16.5. The minimum absolute atomic E-state index is 0.0613. The van der Waals surface area contributed by atoms with Gasteiger partial charge in [-0.15, -0.1) is 0 Å². The minimum atomic E-state index is -0.448. The molecular formula is C13H18N2O2. The van der Waals surface area contributed by atoms with E-state index in [9.17, 15) is 4.79 Å². The molecule has 0 spiro atoms. The van der Waals surface area contributed by atoms with E-state index in [0.29, 0.717) is 6.04 Å². The number of carbonyl (C=O) groups excluding carboxylic acids is 1. The number of hydrogen-bond acceptors (Lipinski definition) is 3. The van der Waals surface area contributed by atoms with E-state index in [1.807, 2.05) is 19.2 Å². The molecule has 0 bridgehead atoms. The van der Waals surface area contributed by atoms with Crippen molar-refractivity contribution in [2.24, 2.45) is 5.73 Å². The van der Waals surface area contributed by atoms with Crippen molar-refractivity contribution >= 4 is 5.91 Å². The molecule has 0 heterocycles. The summed E-state index contributed by atoms with van der Waals surface area (Å²) < 4.78 is 5.31. The van der Waals surface area contributed by atoms with Crippen LogP contribution in [-0.4, -0.2) is 19.6 Å². The van der Waals surface area contributed by atoms with E-state index >= 15 is 0 Å². The molecule has 0 radical (unpaired) electrons. The Hall–Kier alpha value is -1.55. The Bertz CT molecular complexity index is 418. The summed E-state index contributed by atoms with van der Waals surface area (Å²) in [5.74, 6) is 0.273. The van der Waals surface area contributed by atoms with Gasteiger partial charge in [-0.05, 0) is 49.6 Å². The van der Waals surface area contributed by atoms with Crippen molar-refractivity contribution in [3.05, 3.63) is 29.3 Å². The van der Waals surface area contributed by atoms with Crippen molar-refractivity contribution in [2.45, 2.75) is 25.3 Å². The first-order chi connectivity index (χ1) is 8.20. The summed E-state index contributed by atoms with van der Waals surface area (Å²) in [6.45, 7) is -0.0613. The molecule has 0 aliphatic heterocycles. The van der Waals surface area contributed by atoms with Crippen LogP contribution in [0.2, 0.25) is 0 Å². The maximum Gasteiger partial charge on any atom is 0.255 e. The Morgan fingerprint density at radius 1 is 1.59 bits per heavy atom. The molecule has 4 heteroatoms. The van der Waals surface area contributed by atoms with Crippen LogP contribution in [0, 0.1) is 0 Å². The van der Waals surface area contributed by atoms with Crippen LogP contribution in [0.15, 0.2) is 18.2 Å². The Kier molecular flexibility index (Phi) is 3.64. The molecule has 3 N–H and O–H groups in total. The fraction of sp³-hybridized carbons (Fsp3) is 0.462. The molecule has 0 fully saturated rings. The SMILES string of the molecule is CNC1CCCc2cc(OCC(N)=O)ccc21. The van der Waals surface area contributed by atoms with E-state index in [1.165, 1.54) is 24.0 Å². The summed E-state index contributed by atoms with van der Waals surface area (Å²) in [5, 5.41) is 3.31. The summed E-state index contributed by atoms with van der Waals surface area (Å²) in [4.78, 5) is 10.6. The highest BCUT2D eigenvalue weighted by Crippen LogP contribution is 2.31. The van der Waals surface area contributed by atoms with Gasteiger partial charge in [-0.2, -0.15) is 0 Å². The molecule has 92 valence electrons. The molecule has 17 heavy (non-hydrogen) atoms. The second-order valence-corrected chi connectivity index (χ2v) is 4.35. The number of benzene rings is 1. The van der Waals surface area contributed by atoms with Crippen LogP contribution in [0.3, 0.4) is 0 Å². The first-order valence-electron chi connectivity index (χ1n) is 5.92. The standard InChI is InChI=1S/C13H18N2O2/c1-15-12-4-2-3-9-7-10(5-6-11(9)12)17-8-13(14)16/h5-7,12,15H,2-4,8H2,1H3,(H2,14,16). The maximum atomic E-state index is 10.6. The van der Waals surface area contributed by atoms with E-state index in [0.717, 1.165) is 12.2 Å². The molecule has 4 nitrogen and oxygen atoms in total. The Morgan fingerprint density at radius 2 is 2.41 bits per heavy atom. The van der Waals surface area contributed by atoms with Crippen LogP contribution in [-0.2, 0) is 11.2 Å². The summed E-state index contributed by atoms with van der Waals surface area (Å²) >= 11 is 0. The van der Waals surface area contributed by atoms with Gasteiger partial charge >= 0.3 is 0 Å². The number of aryl methyl sites for hydroxylation is 1. The summed E-state index contributed by atoms with van der Waals surface area (Å²) in [7, 11) is 1.98. The third-order valence-electron chi connectivity index (χ3n) is 3.16. The minimum Gasteiger partial charge on any atom is -0.484 e. The van der Waals surface area contributed by atoms with Gasteiger partial charge in [-0.25, -0.2) is 0 Å². The summed E-state index contributed by atoms with van der Waals surface area (Å²) in [6.07, 6.45) is 3.42. The smallest absolute Gasteiger partial charge is 0.255 e. The van der Waals surface area contributed by atoms with Gasteiger partial charge in [0, 0.05) is 6.04 Å². The molecule has 0 saturated carbocycles. The number of carbonyl (C=O) groups is 1. The van der Waals surface area contributed by atoms with E-state index in [-0.39, 0.29) is 6.61 Å². The molecule has 1 aliphatic rings. The normalized spacial score (nSPS) is 18.5. The Labute approximate surface area is 101 Å².